The maximum Gasteiger partial charge on any atom is 0.265 e. The second-order valence-corrected chi connectivity index (χ2v) is 7.68. The Morgan fingerprint density at radius 3 is 2.72 bits per heavy atom. The molecule has 1 N–H and O–H groups in total. The third kappa shape index (κ3) is 3.70. The highest BCUT2D eigenvalue weighted by Gasteiger charge is 2.22. The van der Waals surface area contributed by atoms with Gasteiger partial charge in [0.15, 0.2) is 0 Å². The van der Waals surface area contributed by atoms with Crippen LogP contribution >= 0.6 is 0 Å². The van der Waals surface area contributed by atoms with Crippen LogP contribution in [0.1, 0.15) is 30.9 Å². The molecule has 3 aromatic rings. The van der Waals surface area contributed by atoms with Crippen LogP contribution in [0.4, 0.5) is 0 Å². The molecule has 2 aromatic carbocycles. The van der Waals surface area contributed by atoms with E-state index < -0.39 is 0 Å². The average molecular weight is 389 g/mol. The van der Waals surface area contributed by atoms with Gasteiger partial charge in [0.05, 0.1) is 17.8 Å². The van der Waals surface area contributed by atoms with Crippen LogP contribution in [0, 0.1) is 6.92 Å². The van der Waals surface area contributed by atoms with Crippen LogP contribution in [0.25, 0.3) is 16.5 Å². The highest BCUT2D eigenvalue weighted by Crippen LogP contribution is 2.26. The van der Waals surface area contributed by atoms with Crippen molar-refractivity contribution in [3.8, 4) is 11.6 Å². The Labute approximate surface area is 170 Å². The number of likely N-dealkylation sites (N-methyl/N-ethyl adjacent to an activating group) is 1. The minimum absolute atomic E-state index is 0.0678. The topological polar surface area (TPSA) is 57.8 Å². The molecular formula is C24H27N3O2. The molecule has 0 radical (unpaired) electrons. The molecule has 4 rings (SSSR count). The van der Waals surface area contributed by atoms with Crippen molar-refractivity contribution in [3.63, 3.8) is 0 Å². The molecule has 0 aliphatic carbocycles. The molecule has 1 atom stereocenters. The summed E-state index contributed by atoms with van der Waals surface area (Å²) in [6.45, 7) is 7.01. The number of hydrogen-bond donors (Lipinski definition) is 1. The van der Waals surface area contributed by atoms with Crippen molar-refractivity contribution in [1.29, 1.82) is 0 Å². The van der Waals surface area contributed by atoms with Gasteiger partial charge in [-0.1, -0.05) is 37.3 Å². The molecular weight excluding hydrogens is 362 g/mol. The van der Waals surface area contributed by atoms with E-state index in [4.69, 9.17) is 0 Å². The summed E-state index contributed by atoms with van der Waals surface area (Å²) in [7, 11) is 0. The number of aromatic hydroxyl groups is 1. The zero-order valence-electron chi connectivity index (χ0n) is 17.0. The van der Waals surface area contributed by atoms with E-state index in [0.29, 0.717) is 29.2 Å². The van der Waals surface area contributed by atoms with E-state index in [0.717, 1.165) is 30.5 Å². The van der Waals surface area contributed by atoms with Gasteiger partial charge in [-0.15, -0.1) is 0 Å². The fourth-order valence-corrected chi connectivity index (χ4v) is 4.28. The summed E-state index contributed by atoms with van der Waals surface area (Å²) in [5.74, 6) is -0.0678. The van der Waals surface area contributed by atoms with E-state index in [1.165, 1.54) is 11.0 Å². The quantitative estimate of drug-likeness (QED) is 0.673. The van der Waals surface area contributed by atoms with Crippen LogP contribution < -0.4 is 5.56 Å². The first-order valence-electron chi connectivity index (χ1n) is 10.3. The number of rotatable bonds is 5. The highest BCUT2D eigenvalue weighted by molar-refractivity contribution is 6.01. The Hall–Kier alpha value is -2.92. The smallest absolute Gasteiger partial charge is 0.265 e. The van der Waals surface area contributed by atoms with Crippen molar-refractivity contribution >= 4 is 17.0 Å². The summed E-state index contributed by atoms with van der Waals surface area (Å²) >= 11 is 0. The first-order chi connectivity index (χ1) is 14.1. The number of hydrogen-bond acceptors (Lipinski definition) is 4. The maximum atomic E-state index is 13.1. The van der Waals surface area contributed by atoms with E-state index in [1.54, 1.807) is 12.3 Å². The molecule has 2 heterocycles. The van der Waals surface area contributed by atoms with Crippen LogP contribution in [-0.2, 0) is 0 Å². The molecule has 0 bridgehead atoms. The van der Waals surface area contributed by atoms with Crippen LogP contribution in [0.3, 0.4) is 0 Å². The molecule has 1 fully saturated rings. The molecule has 0 spiro atoms. The van der Waals surface area contributed by atoms with Crippen LogP contribution in [0.5, 0.6) is 5.88 Å². The summed E-state index contributed by atoms with van der Waals surface area (Å²) in [6, 6.07) is 15.4. The summed E-state index contributed by atoms with van der Waals surface area (Å²) in [5.41, 5.74) is 2.04. The number of benzene rings is 2. The predicted octanol–water partition coefficient (Wildman–Crippen LogP) is 3.91. The summed E-state index contributed by atoms with van der Waals surface area (Å²) in [5, 5.41) is 12.4. The van der Waals surface area contributed by atoms with E-state index in [9.17, 15) is 9.90 Å². The predicted molar refractivity (Wildman–Crippen MR) is 119 cm³/mol. The summed E-state index contributed by atoms with van der Waals surface area (Å²) in [4.78, 5) is 20.2. The minimum Gasteiger partial charge on any atom is -0.494 e. The van der Waals surface area contributed by atoms with Gasteiger partial charge in [0, 0.05) is 23.0 Å². The third-order valence-electron chi connectivity index (χ3n) is 5.81. The largest absolute Gasteiger partial charge is 0.494 e. The molecule has 1 saturated heterocycles. The van der Waals surface area contributed by atoms with E-state index in [-0.39, 0.29) is 11.4 Å². The zero-order chi connectivity index (χ0) is 20.4. The lowest BCUT2D eigenvalue weighted by molar-refractivity contribution is 0.273. The monoisotopic (exact) mass is 389 g/mol. The lowest BCUT2D eigenvalue weighted by Crippen LogP contribution is -2.31. The van der Waals surface area contributed by atoms with Gasteiger partial charge in [-0.2, -0.15) is 0 Å². The van der Waals surface area contributed by atoms with Crippen LogP contribution in [0.2, 0.25) is 0 Å². The normalized spacial score (nSPS) is 17.5. The lowest BCUT2D eigenvalue weighted by atomic mass is 10.1. The van der Waals surface area contributed by atoms with Crippen molar-refractivity contribution in [2.24, 2.45) is 4.99 Å². The first kappa shape index (κ1) is 19.4. The zero-order valence-corrected chi connectivity index (χ0v) is 17.0. The SMILES string of the molecule is CCN1CCC[C@H]1CN=Cc1c(O)n(-c2cccc(C)c2)c(=O)c2ccccc12. The standard InChI is InChI=1S/C24H27N3O2/c1-3-26-13-7-10-19(26)15-25-16-22-20-11-4-5-12-21(20)23(28)27(24(22)29)18-9-6-8-17(2)14-18/h4-6,8-9,11-12,14,16,19,29H,3,7,10,13,15H2,1-2H3/t19-/m0/s1. The van der Waals surface area contributed by atoms with Gasteiger partial charge in [-0.05, 0) is 56.6 Å². The van der Waals surface area contributed by atoms with E-state index in [1.807, 2.05) is 49.4 Å². The van der Waals surface area contributed by atoms with Gasteiger partial charge < -0.3 is 5.11 Å². The molecule has 29 heavy (non-hydrogen) atoms. The molecule has 0 amide bonds. The molecule has 1 aromatic heterocycles. The van der Waals surface area contributed by atoms with Gasteiger partial charge in [-0.3, -0.25) is 14.7 Å². The molecule has 150 valence electrons. The number of aromatic nitrogens is 1. The van der Waals surface area contributed by atoms with E-state index in [2.05, 4.69) is 16.8 Å². The fourth-order valence-electron chi connectivity index (χ4n) is 4.28. The van der Waals surface area contributed by atoms with Gasteiger partial charge >= 0.3 is 0 Å². The summed E-state index contributed by atoms with van der Waals surface area (Å²) in [6.07, 6.45) is 4.09. The Balaban J connectivity index is 1.81. The van der Waals surface area contributed by atoms with Crippen molar-refractivity contribution < 1.29 is 5.11 Å². The average Bonchev–Trinajstić information content (AvgIpc) is 3.18. The van der Waals surface area contributed by atoms with Crippen molar-refractivity contribution in [2.75, 3.05) is 19.6 Å². The highest BCUT2D eigenvalue weighted by atomic mass is 16.3. The van der Waals surface area contributed by atoms with E-state index >= 15 is 0 Å². The Morgan fingerprint density at radius 1 is 1.17 bits per heavy atom. The number of pyridine rings is 1. The lowest BCUT2D eigenvalue weighted by Gasteiger charge is -2.20. The first-order valence-corrected chi connectivity index (χ1v) is 10.3. The fraction of sp³-hybridized carbons (Fsp3) is 0.333. The number of aryl methyl sites for hydroxylation is 1. The molecule has 5 heteroatoms. The van der Waals surface area contributed by atoms with Crippen molar-refractivity contribution in [2.45, 2.75) is 32.7 Å². The number of aliphatic imine (C=N–C) groups is 1. The molecule has 0 saturated carbocycles. The number of likely N-dealkylation sites (tertiary alicyclic amines) is 1. The second kappa shape index (κ2) is 8.21. The van der Waals surface area contributed by atoms with Gasteiger partial charge in [0.1, 0.15) is 0 Å². The molecule has 1 aliphatic rings. The van der Waals surface area contributed by atoms with Crippen LogP contribution in [-0.4, -0.2) is 46.5 Å². The molecule has 1 aliphatic heterocycles. The molecule has 5 nitrogen and oxygen atoms in total. The van der Waals surface area contributed by atoms with Gasteiger partial charge in [0.2, 0.25) is 5.88 Å². The number of fused-ring (bicyclic) bond motifs is 1. The Bertz CT molecular complexity index is 1120. The minimum atomic E-state index is -0.228. The van der Waals surface area contributed by atoms with Crippen molar-refractivity contribution in [3.05, 3.63) is 70.0 Å². The third-order valence-corrected chi connectivity index (χ3v) is 5.81. The van der Waals surface area contributed by atoms with Gasteiger partial charge in [0.25, 0.3) is 5.56 Å². The number of nitrogens with zero attached hydrogens (tertiary/aromatic N) is 3. The maximum absolute atomic E-state index is 13.1. The Morgan fingerprint density at radius 2 is 1.97 bits per heavy atom. The van der Waals surface area contributed by atoms with Gasteiger partial charge in [-0.25, -0.2) is 4.57 Å². The second-order valence-electron chi connectivity index (χ2n) is 7.68. The Kier molecular flexibility index (Phi) is 5.49. The summed E-state index contributed by atoms with van der Waals surface area (Å²) < 4.78 is 1.38. The van der Waals surface area contributed by atoms with Crippen molar-refractivity contribution in [1.82, 2.24) is 9.47 Å². The molecule has 0 unspecified atom stereocenters. The van der Waals surface area contributed by atoms with Crippen LogP contribution in [0.15, 0.2) is 58.3 Å².